The number of ether oxygens (including phenoxy) is 2. The van der Waals surface area contributed by atoms with Crippen LogP contribution in [-0.4, -0.2) is 18.8 Å². The van der Waals surface area contributed by atoms with Crippen molar-refractivity contribution < 1.29 is 9.47 Å². The van der Waals surface area contributed by atoms with Crippen molar-refractivity contribution in [2.75, 3.05) is 13.2 Å². The van der Waals surface area contributed by atoms with Crippen molar-refractivity contribution in [1.29, 1.82) is 0 Å². The van der Waals surface area contributed by atoms with Gasteiger partial charge in [0.05, 0.1) is 17.8 Å². The predicted molar refractivity (Wildman–Crippen MR) is 96.8 cm³/mol. The van der Waals surface area contributed by atoms with Gasteiger partial charge < -0.3 is 9.47 Å². The SMILES string of the molecule is CCOC(C)(C)C1CC1COC(C)(C)c1ccc(C(C)C)cc1. The summed E-state index contributed by atoms with van der Waals surface area (Å²) < 4.78 is 12.2. The Bertz CT molecular complexity index is 499. The quantitative estimate of drug-likeness (QED) is 0.629. The molecule has 1 aliphatic rings. The van der Waals surface area contributed by atoms with Crippen molar-refractivity contribution in [3.63, 3.8) is 0 Å². The molecule has 1 saturated carbocycles. The molecule has 130 valence electrons. The summed E-state index contributed by atoms with van der Waals surface area (Å²) in [5.74, 6) is 1.83. The average molecular weight is 319 g/mol. The average Bonchev–Trinajstić information content (AvgIpc) is 3.26. The second-order valence-corrected chi connectivity index (χ2v) is 8.24. The first-order chi connectivity index (χ1) is 10.7. The lowest BCUT2D eigenvalue weighted by molar-refractivity contribution is -0.0530. The van der Waals surface area contributed by atoms with Crippen molar-refractivity contribution in [1.82, 2.24) is 0 Å². The number of hydrogen-bond donors (Lipinski definition) is 0. The van der Waals surface area contributed by atoms with Crippen LogP contribution in [0.25, 0.3) is 0 Å². The maximum Gasteiger partial charge on any atom is 0.0875 e. The molecule has 0 bridgehead atoms. The Kier molecular flexibility index (Phi) is 5.58. The van der Waals surface area contributed by atoms with Gasteiger partial charge in [-0.1, -0.05) is 38.1 Å². The van der Waals surface area contributed by atoms with Crippen LogP contribution < -0.4 is 0 Å². The molecule has 1 fully saturated rings. The Morgan fingerprint density at radius 1 is 1.04 bits per heavy atom. The van der Waals surface area contributed by atoms with Crippen molar-refractivity contribution in [3.05, 3.63) is 35.4 Å². The minimum atomic E-state index is -0.238. The van der Waals surface area contributed by atoms with Crippen LogP contribution in [0.2, 0.25) is 0 Å². The van der Waals surface area contributed by atoms with Gasteiger partial charge in [0, 0.05) is 6.61 Å². The van der Waals surface area contributed by atoms with E-state index >= 15 is 0 Å². The zero-order valence-corrected chi connectivity index (χ0v) is 16.0. The van der Waals surface area contributed by atoms with Crippen LogP contribution in [0.15, 0.2) is 24.3 Å². The molecule has 1 aromatic rings. The summed E-state index contributed by atoms with van der Waals surface area (Å²) >= 11 is 0. The predicted octanol–water partition coefficient (Wildman–Crippen LogP) is 5.51. The number of rotatable bonds is 8. The van der Waals surface area contributed by atoms with E-state index in [0.29, 0.717) is 17.8 Å². The second kappa shape index (κ2) is 6.94. The lowest BCUT2D eigenvalue weighted by atomic mass is 9.94. The Morgan fingerprint density at radius 3 is 2.17 bits per heavy atom. The molecule has 0 N–H and O–H groups in total. The molecule has 2 unspecified atom stereocenters. The van der Waals surface area contributed by atoms with Crippen LogP contribution >= 0.6 is 0 Å². The van der Waals surface area contributed by atoms with Crippen molar-refractivity contribution in [2.24, 2.45) is 11.8 Å². The van der Waals surface area contributed by atoms with Gasteiger partial charge in [0.2, 0.25) is 0 Å². The standard InChI is InChI=1S/C21H34O2/c1-8-22-21(6,7)19-13-17(19)14-23-20(4,5)18-11-9-16(10-12-18)15(2)3/h9-12,15,17,19H,8,13-14H2,1-7H3. The lowest BCUT2D eigenvalue weighted by Crippen LogP contribution is -2.29. The van der Waals surface area contributed by atoms with Gasteiger partial charge in [-0.25, -0.2) is 0 Å². The Labute approximate surface area is 142 Å². The van der Waals surface area contributed by atoms with E-state index in [1.54, 1.807) is 0 Å². The van der Waals surface area contributed by atoms with Gasteiger partial charge in [0.25, 0.3) is 0 Å². The fourth-order valence-electron chi connectivity index (χ4n) is 3.43. The van der Waals surface area contributed by atoms with Crippen molar-refractivity contribution in [3.8, 4) is 0 Å². The highest BCUT2D eigenvalue weighted by atomic mass is 16.5. The summed E-state index contributed by atoms with van der Waals surface area (Å²) in [6.07, 6.45) is 1.22. The fourth-order valence-corrected chi connectivity index (χ4v) is 3.43. The molecule has 0 amide bonds. The van der Waals surface area contributed by atoms with E-state index < -0.39 is 0 Å². The van der Waals surface area contributed by atoms with Gasteiger partial charge in [-0.3, -0.25) is 0 Å². The van der Waals surface area contributed by atoms with Crippen LogP contribution in [0.5, 0.6) is 0 Å². The third kappa shape index (κ3) is 4.58. The van der Waals surface area contributed by atoms with Gasteiger partial charge in [-0.15, -0.1) is 0 Å². The highest BCUT2D eigenvalue weighted by Crippen LogP contribution is 2.48. The van der Waals surface area contributed by atoms with Gasteiger partial charge in [-0.05, 0) is 69.9 Å². The van der Waals surface area contributed by atoms with Crippen molar-refractivity contribution in [2.45, 2.75) is 72.0 Å². The van der Waals surface area contributed by atoms with Crippen molar-refractivity contribution >= 4 is 0 Å². The first-order valence-corrected chi connectivity index (χ1v) is 9.05. The molecule has 2 heteroatoms. The first kappa shape index (κ1) is 18.5. The summed E-state index contributed by atoms with van der Waals surface area (Å²) in [6.45, 7) is 16.9. The smallest absolute Gasteiger partial charge is 0.0875 e. The van der Waals surface area contributed by atoms with Crippen LogP contribution in [0.4, 0.5) is 0 Å². The maximum atomic E-state index is 6.29. The third-order valence-electron chi connectivity index (χ3n) is 5.26. The molecule has 0 saturated heterocycles. The minimum absolute atomic E-state index is 0.0220. The molecular weight excluding hydrogens is 284 g/mol. The van der Waals surface area contributed by atoms with E-state index in [1.807, 2.05) is 0 Å². The van der Waals surface area contributed by atoms with Crippen LogP contribution in [0.1, 0.15) is 71.9 Å². The van der Waals surface area contributed by atoms with Crippen LogP contribution in [0.3, 0.4) is 0 Å². The van der Waals surface area contributed by atoms with E-state index in [0.717, 1.165) is 13.2 Å². The summed E-state index contributed by atoms with van der Waals surface area (Å²) in [5.41, 5.74) is 2.37. The van der Waals surface area contributed by atoms with Crippen LogP contribution in [-0.2, 0) is 15.1 Å². The second-order valence-electron chi connectivity index (χ2n) is 8.24. The Balaban J connectivity index is 1.90. The molecule has 0 heterocycles. The zero-order chi connectivity index (χ0) is 17.3. The van der Waals surface area contributed by atoms with Crippen LogP contribution in [0, 0.1) is 11.8 Å². The number of hydrogen-bond acceptors (Lipinski definition) is 2. The highest BCUT2D eigenvalue weighted by Gasteiger charge is 2.48. The molecule has 0 spiro atoms. The normalized spacial score (nSPS) is 21.7. The van der Waals surface area contributed by atoms with Gasteiger partial charge in [0.1, 0.15) is 0 Å². The van der Waals surface area contributed by atoms with Gasteiger partial charge in [0.15, 0.2) is 0 Å². The molecule has 0 radical (unpaired) electrons. The first-order valence-electron chi connectivity index (χ1n) is 9.05. The molecule has 23 heavy (non-hydrogen) atoms. The molecule has 2 nitrogen and oxygen atoms in total. The zero-order valence-electron chi connectivity index (χ0n) is 16.0. The van der Waals surface area contributed by atoms with E-state index in [-0.39, 0.29) is 11.2 Å². The minimum Gasteiger partial charge on any atom is -0.376 e. The van der Waals surface area contributed by atoms with E-state index in [1.165, 1.54) is 17.5 Å². The Hall–Kier alpha value is -0.860. The van der Waals surface area contributed by atoms with E-state index in [2.05, 4.69) is 72.7 Å². The summed E-state index contributed by atoms with van der Waals surface area (Å²) in [7, 11) is 0. The van der Waals surface area contributed by atoms with E-state index in [9.17, 15) is 0 Å². The van der Waals surface area contributed by atoms with Gasteiger partial charge in [-0.2, -0.15) is 0 Å². The lowest BCUT2D eigenvalue weighted by Gasteiger charge is -2.28. The Morgan fingerprint density at radius 2 is 1.65 bits per heavy atom. The molecule has 2 rings (SSSR count). The monoisotopic (exact) mass is 318 g/mol. The van der Waals surface area contributed by atoms with E-state index in [4.69, 9.17) is 9.47 Å². The molecule has 0 aromatic heterocycles. The third-order valence-corrected chi connectivity index (χ3v) is 5.26. The maximum absolute atomic E-state index is 6.29. The topological polar surface area (TPSA) is 18.5 Å². The summed E-state index contributed by atoms with van der Waals surface area (Å²) in [6, 6.07) is 8.88. The molecule has 1 aliphatic carbocycles. The molecule has 2 atom stereocenters. The molecule has 0 aliphatic heterocycles. The highest BCUT2D eigenvalue weighted by molar-refractivity contribution is 5.28. The summed E-state index contributed by atoms with van der Waals surface area (Å²) in [4.78, 5) is 0. The number of benzene rings is 1. The molecule has 1 aromatic carbocycles. The summed E-state index contributed by atoms with van der Waals surface area (Å²) in [5, 5.41) is 0. The largest absolute Gasteiger partial charge is 0.376 e. The fraction of sp³-hybridized carbons (Fsp3) is 0.714. The van der Waals surface area contributed by atoms with Gasteiger partial charge >= 0.3 is 0 Å². The molecular formula is C21H34O2.